The first-order valence-electron chi connectivity index (χ1n) is 10.2. The number of rotatable bonds is 7. The molecule has 2 aromatic rings. The lowest BCUT2D eigenvalue weighted by Crippen LogP contribution is -2.22. The third-order valence-corrected chi connectivity index (χ3v) is 7.32. The Morgan fingerprint density at radius 2 is 1.64 bits per heavy atom. The van der Waals surface area contributed by atoms with Gasteiger partial charge >= 0.3 is 12.6 Å². The number of aliphatic hydroxyl groups is 1. The van der Waals surface area contributed by atoms with Gasteiger partial charge in [0, 0.05) is 10.6 Å². The lowest BCUT2D eigenvalue weighted by molar-refractivity contribution is -0.0499. The molecule has 1 aromatic carbocycles. The molecule has 0 spiro atoms. The Morgan fingerprint density at radius 3 is 1.91 bits per heavy atom. The quantitative estimate of drug-likeness (QED) is 0.408. The van der Waals surface area contributed by atoms with E-state index in [1.807, 2.05) is 40.7 Å². The number of carbonyl (C=O) groups excluding carboxylic acids is 1. The highest BCUT2D eigenvalue weighted by Crippen LogP contribution is 2.37. The monoisotopic (exact) mass is 505 g/mol. The van der Waals surface area contributed by atoms with Crippen LogP contribution in [-0.2, 0) is 16.6 Å². The van der Waals surface area contributed by atoms with Crippen molar-refractivity contribution in [3.05, 3.63) is 39.8 Å². The van der Waals surface area contributed by atoms with Crippen LogP contribution in [0.25, 0.3) is 0 Å². The number of urea groups is 1. The van der Waals surface area contributed by atoms with E-state index in [-0.39, 0.29) is 17.6 Å². The average Bonchev–Trinajstić information content (AvgIpc) is 3.04. The average molecular weight is 506 g/mol. The van der Waals surface area contributed by atoms with Gasteiger partial charge in [-0.05, 0) is 67.5 Å². The number of hydrogen-bond acceptors (Lipinski definition) is 5. The first kappa shape index (κ1) is 29.0. The summed E-state index contributed by atoms with van der Waals surface area (Å²) in [6.45, 7) is 9.95. The van der Waals surface area contributed by atoms with Crippen LogP contribution in [0.2, 0.25) is 0 Å². The van der Waals surface area contributed by atoms with E-state index in [1.165, 1.54) is 23.5 Å². The number of ether oxygens (including phenoxy) is 1. The van der Waals surface area contributed by atoms with E-state index in [0.717, 1.165) is 10.4 Å². The van der Waals surface area contributed by atoms with Crippen molar-refractivity contribution in [2.24, 2.45) is 10.9 Å². The van der Waals surface area contributed by atoms with E-state index in [9.17, 15) is 22.9 Å². The van der Waals surface area contributed by atoms with Crippen LogP contribution in [0, 0.1) is 6.92 Å². The predicted octanol–water partition coefficient (Wildman–Crippen LogP) is 5.29. The van der Waals surface area contributed by atoms with Crippen molar-refractivity contribution in [3.63, 3.8) is 0 Å². The Bertz CT molecular complexity index is 958. The van der Waals surface area contributed by atoms with Gasteiger partial charge in [0.2, 0.25) is 0 Å². The molecule has 1 aromatic heterocycles. The number of hydrogen-bond donors (Lipinski definition) is 4. The normalized spacial score (nSPS) is 12.5. The van der Waals surface area contributed by atoms with Gasteiger partial charge in [-0.25, -0.2) is 14.1 Å². The number of anilines is 1. The zero-order valence-electron chi connectivity index (χ0n) is 19.9. The van der Waals surface area contributed by atoms with Gasteiger partial charge in [-0.2, -0.15) is 8.78 Å². The summed E-state index contributed by atoms with van der Waals surface area (Å²) in [4.78, 5) is 11.9. The summed E-state index contributed by atoms with van der Waals surface area (Å²) in [6.07, 6.45) is 0. The number of primary amides is 1. The van der Waals surface area contributed by atoms with E-state index in [1.54, 1.807) is 13.8 Å². The van der Waals surface area contributed by atoms with Gasteiger partial charge in [0.05, 0.1) is 5.60 Å². The Kier molecular flexibility index (Phi) is 10.4. The van der Waals surface area contributed by atoms with Crippen molar-refractivity contribution < 1.29 is 27.6 Å². The molecule has 0 radical (unpaired) electrons. The van der Waals surface area contributed by atoms with E-state index >= 15 is 0 Å². The second-order valence-electron chi connectivity index (χ2n) is 8.59. The number of nitrogens with one attached hydrogen (secondary N) is 1. The predicted molar refractivity (Wildman–Crippen MR) is 129 cm³/mol. The maximum Gasteiger partial charge on any atom is 0.387 e. The summed E-state index contributed by atoms with van der Waals surface area (Å²) in [5.41, 5.74) is 7.18. The fourth-order valence-electron chi connectivity index (χ4n) is 2.97. The van der Waals surface area contributed by atoms with Gasteiger partial charge in [-0.1, -0.05) is 27.7 Å². The number of benzene rings is 1. The zero-order chi connectivity index (χ0) is 25.7. The number of amides is 2. The smallest absolute Gasteiger partial charge is 0.387 e. The Balaban J connectivity index is 0.000000361. The molecule has 0 saturated heterocycles. The van der Waals surface area contributed by atoms with Gasteiger partial charge in [-0.15, -0.1) is 11.3 Å². The second kappa shape index (κ2) is 11.9. The molecular formula is C22H33F2N3O4S2. The zero-order valence-corrected chi connectivity index (χ0v) is 21.5. The summed E-state index contributed by atoms with van der Waals surface area (Å²) in [5.74, 6) is 0.133. The first-order valence-corrected chi connectivity index (χ1v) is 12.3. The maximum atomic E-state index is 12.4. The van der Waals surface area contributed by atoms with Crippen LogP contribution < -0.4 is 20.9 Å². The number of nitrogens with two attached hydrogens (primary N) is 2. The number of alkyl halides is 2. The van der Waals surface area contributed by atoms with Crippen molar-refractivity contribution >= 4 is 34.0 Å². The molecule has 0 saturated carbocycles. The molecule has 0 bridgehead atoms. The molecule has 1 heterocycles. The van der Waals surface area contributed by atoms with E-state index in [2.05, 4.69) is 10.1 Å². The fourth-order valence-corrected chi connectivity index (χ4v) is 4.85. The first-order chi connectivity index (χ1) is 15.0. The molecule has 0 aliphatic rings. The van der Waals surface area contributed by atoms with E-state index in [0.29, 0.717) is 21.0 Å². The minimum Gasteiger partial charge on any atom is -0.435 e. The van der Waals surface area contributed by atoms with Crippen molar-refractivity contribution in [1.29, 1.82) is 0 Å². The molecule has 0 aliphatic carbocycles. The highest BCUT2D eigenvalue weighted by Gasteiger charge is 2.21. The third kappa shape index (κ3) is 8.65. The number of aryl methyl sites for hydroxylation is 1. The van der Waals surface area contributed by atoms with Crippen LogP contribution in [0.15, 0.2) is 22.4 Å². The Hall–Kier alpha value is -2.08. The summed E-state index contributed by atoms with van der Waals surface area (Å²) in [6, 6.07) is 4.16. The molecule has 6 N–H and O–H groups in total. The van der Waals surface area contributed by atoms with Gasteiger partial charge in [0.15, 0.2) is 0 Å². The molecule has 2 amide bonds. The van der Waals surface area contributed by atoms with Crippen LogP contribution in [0.3, 0.4) is 0 Å². The van der Waals surface area contributed by atoms with Gasteiger partial charge in [0.25, 0.3) is 0 Å². The van der Waals surface area contributed by atoms with Crippen molar-refractivity contribution in [2.45, 2.75) is 76.7 Å². The largest absolute Gasteiger partial charge is 0.435 e. The summed E-state index contributed by atoms with van der Waals surface area (Å²) in [5, 5.41) is 17.5. The molecule has 1 atom stereocenters. The summed E-state index contributed by atoms with van der Waals surface area (Å²) in [7, 11) is -1.45. The van der Waals surface area contributed by atoms with E-state index in [4.69, 9.17) is 10.9 Å². The minimum atomic E-state index is -2.88. The standard InChI is InChI=1S/C14H20F2N2O2.C8H13NO2S2/c1-7(2)10-5-9(20-13(15)16)6-11(8(3)4)12(10)18-14(17)19;1-5-4-6(8(2,3)10)12-7(5)13(9)11/h5-8,13H,1-4H3,(H3,17,18,19);4,10H,9H2,1-3H3. The van der Waals surface area contributed by atoms with E-state index < -0.39 is 29.2 Å². The fraction of sp³-hybridized carbons (Fsp3) is 0.500. The number of halogens is 2. The molecule has 11 heteroatoms. The lowest BCUT2D eigenvalue weighted by Gasteiger charge is -2.21. The molecule has 33 heavy (non-hydrogen) atoms. The van der Waals surface area contributed by atoms with Crippen LogP contribution in [-0.4, -0.2) is 22.0 Å². The van der Waals surface area contributed by atoms with Crippen molar-refractivity contribution in [3.8, 4) is 5.75 Å². The van der Waals surface area contributed by atoms with Crippen LogP contribution in [0.1, 0.15) is 74.9 Å². The molecular weight excluding hydrogens is 472 g/mol. The Morgan fingerprint density at radius 1 is 1.15 bits per heavy atom. The van der Waals surface area contributed by atoms with Crippen LogP contribution in [0.5, 0.6) is 5.75 Å². The molecule has 7 nitrogen and oxygen atoms in total. The van der Waals surface area contributed by atoms with Gasteiger partial charge in [0.1, 0.15) is 20.9 Å². The van der Waals surface area contributed by atoms with Gasteiger partial charge < -0.3 is 20.9 Å². The molecule has 0 fully saturated rings. The molecule has 186 valence electrons. The third-order valence-electron chi connectivity index (χ3n) is 4.55. The lowest BCUT2D eigenvalue weighted by atomic mass is 9.92. The van der Waals surface area contributed by atoms with Crippen molar-refractivity contribution in [2.75, 3.05) is 5.32 Å². The second-order valence-corrected chi connectivity index (χ2v) is 10.9. The molecule has 1 unspecified atom stereocenters. The molecule has 2 rings (SSSR count). The topological polar surface area (TPSA) is 128 Å². The SMILES string of the molecule is CC(C)c1cc(OC(F)F)cc(C(C)C)c1NC(N)=O.Cc1cc(C(C)(C)O)sc1S(N)=O. The van der Waals surface area contributed by atoms with Crippen LogP contribution in [0.4, 0.5) is 19.3 Å². The minimum absolute atomic E-state index is 0.0237. The van der Waals surface area contributed by atoms with Crippen LogP contribution >= 0.6 is 11.3 Å². The number of carbonyl (C=O) groups is 1. The maximum absolute atomic E-state index is 12.4. The number of thiophene rings is 1. The molecule has 0 aliphatic heterocycles. The summed E-state index contributed by atoms with van der Waals surface area (Å²) < 4.78 is 40.9. The summed E-state index contributed by atoms with van der Waals surface area (Å²) >= 11 is 1.30. The Labute approximate surface area is 200 Å². The van der Waals surface area contributed by atoms with Gasteiger partial charge in [-0.3, -0.25) is 0 Å². The highest BCUT2D eigenvalue weighted by molar-refractivity contribution is 7.85. The van der Waals surface area contributed by atoms with Crippen molar-refractivity contribution in [1.82, 2.24) is 0 Å². The highest BCUT2D eigenvalue weighted by atomic mass is 32.2.